The van der Waals surface area contributed by atoms with Gasteiger partial charge in [-0.05, 0) is 13.0 Å². The van der Waals surface area contributed by atoms with Crippen LogP contribution in [0.4, 0.5) is 13.2 Å². The molecule has 1 saturated heterocycles. The van der Waals surface area contributed by atoms with E-state index >= 15 is 0 Å². The molecule has 0 spiro atoms. The molecule has 2 rings (SSSR count). The van der Waals surface area contributed by atoms with E-state index in [1.807, 2.05) is 0 Å². The SMILES string of the molecule is Cc1cc(C(F)(F)F)nc([C@H]2COCCN2)n1. The van der Waals surface area contributed by atoms with Crippen molar-refractivity contribution in [3.05, 3.63) is 23.3 Å². The van der Waals surface area contributed by atoms with Crippen molar-refractivity contribution in [3.8, 4) is 0 Å². The van der Waals surface area contributed by atoms with Crippen LogP contribution < -0.4 is 5.32 Å². The number of aryl methyl sites for hydroxylation is 1. The summed E-state index contributed by atoms with van der Waals surface area (Å²) >= 11 is 0. The molecular weight excluding hydrogens is 235 g/mol. The number of nitrogens with one attached hydrogen (secondary N) is 1. The third-order valence-corrected chi connectivity index (χ3v) is 2.40. The first-order chi connectivity index (χ1) is 7.97. The number of halogens is 3. The number of aromatic nitrogens is 2. The molecule has 0 unspecified atom stereocenters. The Kier molecular flexibility index (Phi) is 3.30. The van der Waals surface area contributed by atoms with Crippen LogP contribution in [0.1, 0.15) is 23.3 Å². The first-order valence-corrected chi connectivity index (χ1v) is 5.21. The van der Waals surface area contributed by atoms with Gasteiger partial charge in [-0.3, -0.25) is 0 Å². The fraction of sp³-hybridized carbons (Fsp3) is 0.600. The van der Waals surface area contributed by atoms with Gasteiger partial charge in [0.05, 0.1) is 19.3 Å². The molecular formula is C10H12F3N3O. The van der Waals surface area contributed by atoms with Gasteiger partial charge in [0.25, 0.3) is 0 Å². The molecule has 1 fully saturated rings. The lowest BCUT2D eigenvalue weighted by Gasteiger charge is -2.23. The lowest BCUT2D eigenvalue weighted by Crippen LogP contribution is -2.36. The van der Waals surface area contributed by atoms with Gasteiger partial charge in [-0.25, -0.2) is 9.97 Å². The number of ether oxygens (including phenoxy) is 1. The van der Waals surface area contributed by atoms with Crippen molar-refractivity contribution in [2.75, 3.05) is 19.8 Å². The van der Waals surface area contributed by atoms with E-state index in [0.717, 1.165) is 6.07 Å². The number of hydrogen-bond donors (Lipinski definition) is 1. The van der Waals surface area contributed by atoms with Gasteiger partial charge >= 0.3 is 6.18 Å². The Labute approximate surface area is 96.2 Å². The molecule has 1 aromatic rings. The van der Waals surface area contributed by atoms with Crippen LogP contribution >= 0.6 is 0 Å². The number of rotatable bonds is 1. The summed E-state index contributed by atoms with van der Waals surface area (Å²) in [5.74, 6) is 0.136. The van der Waals surface area contributed by atoms with Crippen LogP contribution in [-0.2, 0) is 10.9 Å². The number of alkyl halides is 3. The van der Waals surface area contributed by atoms with E-state index in [4.69, 9.17) is 4.74 Å². The Morgan fingerprint density at radius 2 is 2.18 bits per heavy atom. The van der Waals surface area contributed by atoms with E-state index in [1.54, 1.807) is 0 Å². The molecule has 1 aliphatic heterocycles. The summed E-state index contributed by atoms with van der Waals surface area (Å²) in [6, 6.07) is 0.567. The Bertz CT molecular complexity index is 402. The molecule has 0 bridgehead atoms. The highest BCUT2D eigenvalue weighted by molar-refractivity contribution is 5.14. The Balaban J connectivity index is 2.31. The number of morpholine rings is 1. The second-order valence-electron chi connectivity index (χ2n) is 3.83. The van der Waals surface area contributed by atoms with E-state index < -0.39 is 11.9 Å². The second kappa shape index (κ2) is 4.58. The van der Waals surface area contributed by atoms with Gasteiger partial charge in [0.2, 0.25) is 0 Å². The van der Waals surface area contributed by atoms with Gasteiger partial charge in [-0.15, -0.1) is 0 Å². The zero-order chi connectivity index (χ0) is 12.5. The lowest BCUT2D eigenvalue weighted by molar-refractivity contribution is -0.141. The molecule has 0 saturated carbocycles. The summed E-state index contributed by atoms with van der Waals surface area (Å²) in [6.07, 6.45) is -4.45. The van der Waals surface area contributed by atoms with Crippen LogP contribution in [0.3, 0.4) is 0 Å². The highest BCUT2D eigenvalue weighted by atomic mass is 19.4. The average molecular weight is 247 g/mol. The summed E-state index contributed by atoms with van der Waals surface area (Å²) in [6.45, 7) is 2.95. The quantitative estimate of drug-likeness (QED) is 0.816. The summed E-state index contributed by atoms with van der Waals surface area (Å²) in [5.41, 5.74) is -0.609. The Morgan fingerprint density at radius 1 is 1.41 bits per heavy atom. The summed E-state index contributed by atoms with van der Waals surface area (Å²) in [4.78, 5) is 7.57. The molecule has 0 amide bonds. The van der Waals surface area contributed by atoms with Gasteiger partial charge in [0.15, 0.2) is 0 Å². The minimum atomic E-state index is -4.45. The number of nitrogens with zero attached hydrogens (tertiary/aromatic N) is 2. The van der Waals surface area contributed by atoms with Crippen LogP contribution in [0.15, 0.2) is 6.07 Å². The van der Waals surface area contributed by atoms with Gasteiger partial charge in [0.1, 0.15) is 11.5 Å². The maximum Gasteiger partial charge on any atom is 0.433 e. The smallest absolute Gasteiger partial charge is 0.378 e. The maximum absolute atomic E-state index is 12.6. The summed E-state index contributed by atoms with van der Waals surface area (Å²) in [7, 11) is 0. The van der Waals surface area contributed by atoms with E-state index in [-0.39, 0.29) is 11.9 Å². The van der Waals surface area contributed by atoms with Crippen molar-refractivity contribution in [3.63, 3.8) is 0 Å². The molecule has 1 aromatic heterocycles. The van der Waals surface area contributed by atoms with Crippen LogP contribution in [0.25, 0.3) is 0 Å². The predicted molar refractivity (Wildman–Crippen MR) is 53.3 cm³/mol. The Hall–Kier alpha value is -1.21. The molecule has 1 N–H and O–H groups in total. The van der Waals surface area contributed by atoms with Crippen LogP contribution in [0.2, 0.25) is 0 Å². The molecule has 1 aliphatic rings. The third-order valence-electron chi connectivity index (χ3n) is 2.40. The fourth-order valence-electron chi connectivity index (χ4n) is 1.62. The van der Waals surface area contributed by atoms with Gasteiger partial charge in [0, 0.05) is 12.2 Å². The van der Waals surface area contributed by atoms with E-state index in [2.05, 4.69) is 15.3 Å². The predicted octanol–water partition coefficient (Wildman–Crippen LogP) is 1.46. The highest BCUT2D eigenvalue weighted by Crippen LogP contribution is 2.28. The standard InChI is InChI=1S/C10H12F3N3O/c1-6-4-8(10(11,12)13)16-9(15-6)7-5-17-3-2-14-7/h4,7,14H,2-3,5H2,1H3/t7-/m1/s1. The van der Waals surface area contributed by atoms with Crippen LogP contribution in [-0.4, -0.2) is 29.7 Å². The third kappa shape index (κ3) is 2.92. The maximum atomic E-state index is 12.6. The zero-order valence-electron chi connectivity index (χ0n) is 9.21. The topological polar surface area (TPSA) is 47.0 Å². The summed E-state index contributed by atoms with van der Waals surface area (Å²) < 4.78 is 42.9. The van der Waals surface area contributed by atoms with E-state index in [0.29, 0.717) is 25.5 Å². The lowest BCUT2D eigenvalue weighted by atomic mass is 10.2. The Morgan fingerprint density at radius 3 is 2.76 bits per heavy atom. The normalized spacial score (nSPS) is 21.5. The molecule has 1 atom stereocenters. The van der Waals surface area contributed by atoms with Gasteiger partial charge < -0.3 is 10.1 Å². The second-order valence-corrected chi connectivity index (χ2v) is 3.83. The van der Waals surface area contributed by atoms with Crippen LogP contribution in [0, 0.1) is 6.92 Å². The largest absolute Gasteiger partial charge is 0.433 e. The first kappa shape index (κ1) is 12.3. The molecule has 4 nitrogen and oxygen atoms in total. The van der Waals surface area contributed by atoms with E-state index in [9.17, 15) is 13.2 Å². The number of hydrogen-bond acceptors (Lipinski definition) is 4. The van der Waals surface area contributed by atoms with E-state index in [1.165, 1.54) is 6.92 Å². The molecule has 7 heteroatoms. The molecule has 0 aliphatic carbocycles. The molecule has 2 heterocycles. The van der Waals surface area contributed by atoms with Crippen LogP contribution in [0.5, 0.6) is 0 Å². The summed E-state index contributed by atoms with van der Waals surface area (Å²) in [5, 5.41) is 3.02. The molecule has 94 valence electrons. The molecule has 0 radical (unpaired) electrons. The van der Waals surface area contributed by atoms with Gasteiger partial charge in [-0.2, -0.15) is 13.2 Å². The van der Waals surface area contributed by atoms with Crippen molar-refractivity contribution in [1.29, 1.82) is 0 Å². The highest BCUT2D eigenvalue weighted by Gasteiger charge is 2.34. The fourth-order valence-corrected chi connectivity index (χ4v) is 1.62. The van der Waals surface area contributed by atoms with Crippen molar-refractivity contribution >= 4 is 0 Å². The monoisotopic (exact) mass is 247 g/mol. The molecule has 17 heavy (non-hydrogen) atoms. The first-order valence-electron chi connectivity index (χ1n) is 5.21. The van der Waals surface area contributed by atoms with Crippen molar-refractivity contribution in [2.24, 2.45) is 0 Å². The van der Waals surface area contributed by atoms with Crippen molar-refractivity contribution in [1.82, 2.24) is 15.3 Å². The molecule has 0 aromatic carbocycles. The minimum Gasteiger partial charge on any atom is -0.378 e. The zero-order valence-corrected chi connectivity index (χ0v) is 9.21. The van der Waals surface area contributed by atoms with Gasteiger partial charge in [-0.1, -0.05) is 0 Å². The average Bonchev–Trinajstić information content (AvgIpc) is 2.28. The van der Waals surface area contributed by atoms with Crippen molar-refractivity contribution in [2.45, 2.75) is 19.1 Å². The minimum absolute atomic E-state index is 0.136. The van der Waals surface area contributed by atoms with Crippen molar-refractivity contribution < 1.29 is 17.9 Å².